The van der Waals surface area contributed by atoms with Gasteiger partial charge >= 0.3 is 5.97 Å². The zero-order valence-corrected chi connectivity index (χ0v) is 34.6. The van der Waals surface area contributed by atoms with Gasteiger partial charge in [-0.25, -0.2) is 9.78 Å². The van der Waals surface area contributed by atoms with Crippen LogP contribution in [0.25, 0.3) is 27.9 Å². The highest BCUT2D eigenvalue weighted by atomic mass is 16.4. The Morgan fingerprint density at radius 2 is 1.09 bits per heavy atom. The van der Waals surface area contributed by atoms with Crippen LogP contribution in [0.4, 0.5) is 0 Å². The Bertz CT molecular complexity index is 2400. The lowest BCUT2D eigenvalue weighted by atomic mass is 9.98. The van der Waals surface area contributed by atoms with Gasteiger partial charge < -0.3 is 24.6 Å². The molecule has 0 aliphatic rings. The molecule has 2 aromatic heterocycles. The second-order valence-corrected chi connectivity index (χ2v) is 15.7. The van der Waals surface area contributed by atoms with Crippen molar-refractivity contribution in [1.29, 1.82) is 0 Å². The monoisotopic (exact) mass is 779 g/mol. The maximum Gasteiger partial charge on any atom is 0.335 e. The van der Waals surface area contributed by atoms with Crippen molar-refractivity contribution in [2.75, 3.05) is 27.2 Å². The molecule has 0 aliphatic heterocycles. The third-order valence-electron chi connectivity index (χ3n) is 9.53. The number of carboxylic acid groups (broad SMARTS) is 1. The Labute approximate surface area is 341 Å². The fourth-order valence-electron chi connectivity index (χ4n) is 6.63. The van der Waals surface area contributed by atoms with Crippen LogP contribution >= 0.6 is 0 Å². The van der Waals surface area contributed by atoms with Gasteiger partial charge in [-0.2, -0.15) is 0 Å². The lowest BCUT2D eigenvalue weighted by molar-refractivity contribution is 0.0695. The number of hydrogen-bond acceptors (Lipinski definition) is 5. The van der Waals surface area contributed by atoms with Crippen LogP contribution in [0.15, 0.2) is 116 Å². The van der Waals surface area contributed by atoms with E-state index < -0.39 is 5.97 Å². The lowest BCUT2D eigenvalue weighted by Gasteiger charge is -2.20. The van der Waals surface area contributed by atoms with Gasteiger partial charge in [-0.1, -0.05) is 87.4 Å². The maximum absolute atomic E-state index is 13.2. The fraction of sp³-hybridized carbons (Fsp3) is 0.271. The van der Waals surface area contributed by atoms with Crippen LogP contribution in [0, 0.1) is 25.7 Å². The maximum atomic E-state index is 13.2. The molecule has 6 aromatic rings. The van der Waals surface area contributed by atoms with E-state index in [4.69, 9.17) is 0 Å². The number of nitrogens with zero attached hydrogens (tertiary/aromatic N) is 4. The van der Waals surface area contributed by atoms with Gasteiger partial charge in [0, 0.05) is 69.0 Å². The molecule has 2 heterocycles. The molecule has 0 aliphatic carbocycles. The number of rotatable bonds is 12. The minimum absolute atomic E-state index is 0.0959. The first-order chi connectivity index (χ1) is 27.6. The number of aryl methyl sites for hydroxylation is 2. The highest BCUT2D eigenvalue weighted by molar-refractivity contribution is 6.02. The Hall–Kier alpha value is -6.55. The third-order valence-corrected chi connectivity index (χ3v) is 9.53. The fourth-order valence-corrected chi connectivity index (χ4v) is 6.63. The van der Waals surface area contributed by atoms with E-state index in [0.29, 0.717) is 48.2 Å². The van der Waals surface area contributed by atoms with Gasteiger partial charge in [-0.3, -0.25) is 14.4 Å². The van der Waals surface area contributed by atoms with E-state index in [1.54, 1.807) is 48.3 Å². The van der Waals surface area contributed by atoms with Crippen LogP contribution in [-0.4, -0.2) is 75.2 Å². The number of carbonyl (C=O) groups is 4. The van der Waals surface area contributed by atoms with Crippen molar-refractivity contribution in [2.24, 2.45) is 11.8 Å². The highest BCUT2D eigenvalue weighted by Crippen LogP contribution is 2.26. The van der Waals surface area contributed by atoms with Crippen LogP contribution in [0.3, 0.4) is 0 Å². The third kappa shape index (κ3) is 11.3. The molecule has 300 valence electrons. The molecule has 0 bridgehead atoms. The summed E-state index contributed by atoms with van der Waals surface area (Å²) >= 11 is 0. The predicted octanol–water partition coefficient (Wildman–Crippen LogP) is 9.06. The molecule has 10 heteroatoms. The largest absolute Gasteiger partial charge is 0.478 e. The normalized spacial score (nSPS) is 10.9. The number of aromatic nitrogens is 2. The van der Waals surface area contributed by atoms with Gasteiger partial charge in [-0.05, 0) is 102 Å². The summed E-state index contributed by atoms with van der Waals surface area (Å²) in [5.41, 5.74) is 8.97. The van der Waals surface area contributed by atoms with E-state index in [0.717, 1.165) is 44.6 Å². The van der Waals surface area contributed by atoms with E-state index >= 15 is 0 Å². The standard InChI is InChI=1S/C28H30N4O2.C20H23NO3/c1-19(2)18-31(4)28(34)25-15-23(22-7-5-20(3)6-8-22)14-24(16-25)27(33)30-17-21-9-11-32-12-10-29-26(32)13-21;1-13(2)12-21(4)19(22)17-9-16(10-18(11-17)20(23)24)15-7-5-14(3)6-8-15/h5-16,19H,17-18H2,1-4H3,(H,30,33);5-11,13H,12H2,1-4H3,(H,23,24). The minimum Gasteiger partial charge on any atom is -0.478 e. The summed E-state index contributed by atoms with van der Waals surface area (Å²) in [6.07, 6.45) is 5.54. The van der Waals surface area contributed by atoms with Crippen molar-refractivity contribution in [2.45, 2.75) is 48.1 Å². The second kappa shape index (κ2) is 19.1. The van der Waals surface area contributed by atoms with E-state index in [2.05, 4.69) is 24.1 Å². The van der Waals surface area contributed by atoms with E-state index in [9.17, 15) is 24.3 Å². The van der Waals surface area contributed by atoms with Crippen LogP contribution < -0.4 is 5.32 Å². The molecular formula is C48H53N5O5. The highest BCUT2D eigenvalue weighted by Gasteiger charge is 2.19. The molecule has 0 atom stereocenters. The van der Waals surface area contributed by atoms with Gasteiger partial charge in [0.15, 0.2) is 0 Å². The summed E-state index contributed by atoms with van der Waals surface area (Å²) in [6.45, 7) is 13.9. The Kier molecular flexibility index (Phi) is 14.0. The quantitative estimate of drug-likeness (QED) is 0.128. The van der Waals surface area contributed by atoms with Crippen molar-refractivity contribution in [1.82, 2.24) is 24.5 Å². The first-order valence-electron chi connectivity index (χ1n) is 19.5. The topological polar surface area (TPSA) is 124 Å². The summed E-state index contributed by atoms with van der Waals surface area (Å²) in [6, 6.07) is 30.0. The van der Waals surface area contributed by atoms with E-state index in [1.165, 1.54) is 6.07 Å². The Balaban J connectivity index is 0.000000235. The Morgan fingerprint density at radius 1 is 0.621 bits per heavy atom. The van der Waals surface area contributed by atoms with Gasteiger partial charge in [0.1, 0.15) is 5.65 Å². The molecule has 0 unspecified atom stereocenters. The van der Waals surface area contributed by atoms with Crippen molar-refractivity contribution < 1.29 is 24.3 Å². The molecule has 0 fully saturated rings. The number of amides is 3. The summed E-state index contributed by atoms with van der Waals surface area (Å²) in [5, 5.41) is 12.4. The first kappa shape index (κ1) is 42.6. The van der Waals surface area contributed by atoms with E-state index in [-0.39, 0.29) is 23.3 Å². The first-order valence-corrected chi connectivity index (χ1v) is 19.5. The SMILES string of the molecule is Cc1ccc(-c2cc(C(=O)NCc3ccn4ccnc4c3)cc(C(=O)N(C)CC(C)C)c2)cc1.Cc1ccc(-c2cc(C(=O)O)cc(C(=O)N(C)CC(C)C)c2)cc1. The number of carbonyl (C=O) groups excluding carboxylic acids is 3. The number of carboxylic acids is 1. The molecule has 58 heavy (non-hydrogen) atoms. The van der Waals surface area contributed by atoms with Crippen molar-refractivity contribution in [3.05, 3.63) is 155 Å². The van der Waals surface area contributed by atoms with Crippen LogP contribution in [0.5, 0.6) is 0 Å². The Morgan fingerprint density at radius 3 is 1.57 bits per heavy atom. The van der Waals surface area contributed by atoms with Crippen molar-refractivity contribution in [3.8, 4) is 22.3 Å². The zero-order valence-electron chi connectivity index (χ0n) is 34.6. The lowest BCUT2D eigenvalue weighted by Crippen LogP contribution is -2.30. The van der Waals surface area contributed by atoms with Gasteiger partial charge in [-0.15, -0.1) is 0 Å². The molecule has 4 aromatic carbocycles. The smallest absolute Gasteiger partial charge is 0.335 e. The van der Waals surface area contributed by atoms with Crippen LogP contribution in [-0.2, 0) is 6.54 Å². The average Bonchev–Trinajstić information content (AvgIpc) is 3.67. The van der Waals surface area contributed by atoms with E-state index in [1.807, 2.05) is 117 Å². The molecule has 0 radical (unpaired) electrons. The molecule has 6 rings (SSSR count). The van der Waals surface area contributed by atoms with Crippen LogP contribution in [0.1, 0.15) is 85.8 Å². The number of nitrogens with one attached hydrogen (secondary N) is 1. The molecule has 10 nitrogen and oxygen atoms in total. The molecule has 3 amide bonds. The number of fused-ring (bicyclic) bond motifs is 1. The van der Waals surface area contributed by atoms with Crippen molar-refractivity contribution >= 4 is 29.3 Å². The molecule has 2 N–H and O–H groups in total. The van der Waals surface area contributed by atoms with Gasteiger partial charge in [0.05, 0.1) is 5.56 Å². The molecule has 0 spiro atoms. The second-order valence-electron chi connectivity index (χ2n) is 15.7. The summed E-state index contributed by atoms with van der Waals surface area (Å²) in [7, 11) is 3.54. The number of hydrogen-bond donors (Lipinski definition) is 2. The van der Waals surface area contributed by atoms with Gasteiger partial charge in [0.2, 0.25) is 0 Å². The summed E-state index contributed by atoms with van der Waals surface area (Å²) in [5.74, 6) is -0.827. The van der Waals surface area contributed by atoms with Crippen molar-refractivity contribution in [3.63, 3.8) is 0 Å². The molecule has 0 saturated carbocycles. The zero-order chi connectivity index (χ0) is 42.1. The molecular weight excluding hydrogens is 727 g/mol. The summed E-state index contributed by atoms with van der Waals surface area (Å²) < 4.78 is 1.92. The number of aromatic carboxylic acids is 1. The average molecular weight is 780 g/mol. The minimum atomic E-state index is -1.04. The summed E-state index contributed by atoms with van der Waals surface area (Å²) in [4.78, 5) is 58.0. The number of imidazole rings is 1. The number of pyridine rings is 1. The predicted molar refractivity (Wildman–Crippen MR) is 230 cm³/mol. The molecule has 0 saturated heterocycles. The number of benzene rings is 4. The van der Waals surface area contributed by atoms with Crippen LogP contribution in [0.2, 0.25) is 0 Å². The van der Waals surface area contributed by atoms with Gasteiger partial charge in [0.25, 0.3) is 17.7 Å².